The predicted molar refractivity (Wildman–Crippen MR) is 91.6 cm³/mol. The van der Waals surface area contributed by atoms with Crippen molar-refractivity contribution in [3.8, 4) is 0 Å². The number of esters is 1. The summed E-state index contributed by atoms with van der Waals surface area (Å²) < 4.78 is 9.70. The number of carbonyl (C=O) groups is 2. The van der Waals surface area contributed by atoms with Gasteiger partial charge in [0.05, 0.1) is 24.0 Å². The van der Waals surface area contributed by atoms with Gasteiger partial charge in [-0.3, -0.25) is 15.0 Å². The number of amides is 1. The molecule has 1 atom stereocenters. The van der Waals surface area contributed by atoms with Crippen molar-refractivity contribution in [1.82, 2.24) is 0 Å². The Hall–Kier alpha value is -3.16. The number of anilines is 1. The second-order valence-electron chi connectivity index (χ2n) is 5.21. The van der Waals surface area contributed by atoms with E-state index in [1.807, 2.05) is 0 Å². The van der Waals surface area contributed by atoms with Crippen LogP contribution in [0.4, 0.5) is 16.2 Å². The van der Waals surface area contributed by atoms with Gasteiger partial charge in [-0.1, -0.05) is 18.2 Å². The molecule has 1 amide bonds. The van der Waals surface area contributed by atoms with Crippen LogP contribution >= 0.6 is 0 Å². The summed E-state index contributed by atoms with van der Waals surface area (Å²) in [6.45, 7) is 3.26. The van der Waals surface area contributed by atoms with E-state index in [-0.39, 0.29) is 12.3 Å². The summed E-state index contributed by atoms with van der Waals surface area (Å²) in [7, 11) is 1.22. The van der Waals surface area contributed by atoms with Gasteiger partial charge in [0.2, 0.25) is 0 Å². The molecule has 2 aromatic rings. The number of rotatable bonds is 5. The van der Waals surface area contributed by atoms with Crippen molar-refractivity contribution in [3.63, 3.8) is 0 Å². The molecule has 8 nitrogen and oxygen atoms in total. The van der Waals surface area contributed by atoms with E-state index in [0.717, 1.165) is 4.90 Å². The Balaban J connectivity index is 2.60. The first-order valence-corrected chi connectivity index (χ1v) is 7.61. The van der Waals surface area contributed by atoms with Crippen LogP contribution in [0.5, 0.6) is 0 Å². The number of methoxy groups -OCH3 is 1. The molecule has 0 N–H and O–H groups in total. The van der Waals surface area contributed by atoms with Gasteiger partial charge in [0.25, 0.3) is 5.69 Å². The maximum absolute atomic E-state index is 12.3. The molecule has 0 spiro atoms. The summed E-state index contributed by atoms with van der Waals surface area (Å²) in [6, 6.07) is 8.47. The minimum atomic E-state index is -0.954. The fourth-order valence-corrected chi connectivity index (χ4v) is 2.51. The number of carbonyl (C=O) groups excluding carboxylic acids is 2. The van der Waals surface area contributed by atoms with Gasteiger partial charge >= 0.3 is 12.1 Å². The molecule has 0 radical (unpaired) electrons. The predicted octanol–water partition coefficient (Wildman–Crippen LogP) is 3.27. The van der Waals surface area contributed by atoms with E-state index in [9.17, 15) is 19.7 Å². The number of benzene rings is 2. The quantitative estimate of drug-likeness (QED) is 0.468. The van der Waals surface area contributed by atoms with Crippen molar-refractivity contribution in [3.05, 3.63) is 46.5 Å². The Kier molecular flexibility index (Phi) is 5.53. The van der Waals surface area contributed by atoms with Crippen LogP contribution in [-0.2, 0) is 14.3 Å². The van der Waals surface area contributed by atoms with Crippen LogP contribution in [0.15, 0.2) is 36.4 Å². The third-order valence-electron chi connectivity index (χ3n) is 3.71. The van der Waals surface area contributed by atoms with Crippen molar-refractivity contribution < 1.29 is 24.0 Å². The minimum absolute atomic E-state index is 0.0890. The fourth-order valence-electron chi connectivity index (χ4n) is 2.51. The zero-order valence-electron chi connectivity index (χ0n) is 14.1. The van der Waals surface area contributed by atoms with Crippen LogP contribution < -0.4 is 4.90 Å². The molecule has 1 unspecified atom stereocenters. The average molecular weight is 346 g/mol. The first kappa shape index (κ1) is 18.2. The molecule has 0 heterocycles. The summed E-state index contributed by atoms with van der Waals surface area (Å²) >= 11 is 0. The molecule has 0 saturated heterocycles. The summed E-state index contributed by atoms with van der Waals surface area (Å²) in [5.74, 6) is -0.629. The topological polar surface area (TPSA) is 99.0 Å². The van der Waals surface area contributed by atoms with E-state index < -0.39 is 23.0 Å². The van der Waals surface area contributed by atoms with Crippen molar-refractivity contribution >= 4 is 34.2 Å². The molecular weight excluding hydrogens is 328 g/mol. The van der Waals surface area contributed by atoms with Gasteiger partial charge in [-0.15, -0.1) is 0 Å². The highest BCUT2D eigenvalue weighted by Gasteiger charge is 2.30. The Bertz CT molecular complexity index is 820. The fraction of sp³-hybridized carbons (Fsp3) is 0.294. The third-order valence-corrected chi connectivity index (χ3v) is 3.71. The molecule has 0 aromatic heterocycles. The monoisotopic (exact) mass is 346 g/mol. The second-order valence-corrected chi connectivity index (χ2v) is 5.21. The van der Waals surface area contributed by atoms with Crippen molar-refractivity contribution in [2.75, 3.05) is 18.6 Å². The van der Waals surface area contributed by atoms with Gasteiger partial charge in [-0.2, -0.15) is 0 Å². The SMILES string of the molecule is CCOC(=O)N(c1ccc2cccc([N+](=O)[O-])c2c1)C(C)C(=O)OC. The van der Waals surface area contributed by atoms with Crippen molar-refractivity contribution in [1.29, 1.82) is 0 Å². The van der Waals surface area contributed by atoms with Gasteiger partial charge in [0, 0.05) is 11.8 Å². The molecule has 0 fully saturated rings. The number of non-ortho nitro benzene ring substituents is 1. The van der Waals surface area contributed by atoms with Crippen molar-refractivity contribution in [2.45, 2.75) is 19.9 Å². The lowest BCUT2D eigenvalue weighted by atomic mass is 10.1. The highest BCUT2D eigenvalue weighted by atomic mass is 16.6. The van der Waals surface area contributed by atoms with E-state index in [2.05, 4.69) is 0 Å². The van der Waals surface area contributed by atoms with Crippen LogP contribution in [0.1, 0.15) is 13.8 Å². The molecule has 2 aromatic carbocycles. The maximum atomic E-state index is 12.3. The molecule has 132 valence electrons. The normalized spacial score (nSPS) is 11.6. The Morgan fingerprint density at radius 3 is 2.60 bits per heavy atom. The molecule has 0 aliphatic heterocycles. The molecule has 0 aliphatic carbocycles. The molecule has 0 bridgehead atoms. The lowest BCUT2D eigenvalue weighted by Crippen LogP contribution is -2.44. The number of hydrogen-bond donors (Lipinski definition) is 0. The van der Waals surface area contributed by atoms with Crippen LogP contribution in [0.3, 0.4) is 0 Å². The van der Waals surface area contributed by atoms with E-state index in [1.54, 1.807) is 31.2 Å². The highest BCUT2D eigenvalue weighted by Crippen LogP contribution is 2.30. The Morgan fingerprint density at radius 2 is 2.00 bits per heavy atom. The van der Waals surface area contributed by atoms with Gasteiger partial charge in [0.15, 0.2) is 0 Å². The van der Waals surface area contributed by atoms with Crippen LogP contribution in [0, 0.1) is 10.1 Å². The van der Waals surface area contributed by atoms with E-state index in [1.165, 1.54) is 26.2 Å². The zero-order valence-corrected chi connectivity index (χ0v) is 14.1. The van der Waals surface area contributed by atoms with Gasteiger partial charge in [-0.25, -0.2) is 9.59 Å². The molecule has 0 aliphatic rings. The zero-order chi connectivity index (χ0) is 18.6. The summed E-state index contributed by atoms with van der Waals surface area (Å²) in [6.07, 6.45) is -0.738. The molecule has 8 heteroatoms. The van der Waals surface area contributed by atoms with Crippen LogP contribution in [0.2, 0.25) is 0 Å². The Labute approximate surface area is 144 Å². The second kappa shape index (κ2) is 7.61. The largest absolute Gasteiger partial charge is 0.467 e. The molecule has 25 heavy (non-hydrogen) atoms. The molecule has 0 saturated carbocycles. The highest BCUT2D eigenvalue weighted by molar-refractivity contribution is 6.00. The number of fused-ring (bicyclic) bond motifs is 1. The van der Waals surface area contributed by atoms with Gasteiger partial charge < -0.3 is 9.47 Å². The maximum Gasteiger partial charge on any atom is 0.415 e. The standard InChI is InChI=1S/C17H18N2O6/c1-4-25-17(21)18(11(2)16(20)24-3)13-9-8-12-6-5-7-15(19(22)23)14(12)10-13/h5-11H,4H2,1-3H3. The summed E-state index contributed by atoms with van der Waals surface area (Å²) in [4.78, 5) is 36.1. The number of nitro groups is 1. The van der Waals surface area contributed by atoms with Gasteiger partial charge in [-0.05, 0) is 31.4 Å². The van der Waals surface area contributed by atoms with E-state index >= 15 is 0 Å². The minimum Gasteiger partial charge on any atom is -0.467 e. The average Bonchev–Trinajstić information content (AvgIpc) is 2.60. The van der Waals surface area contributed by atoms with Gasteiger partial charge in [0.1, 0.15) is 6.04 Å². The molecular formula is C17H18N2O6. The van der Waals surface area contributed by atoms with E-state index in [4.69, 9.17) is 9.47 Å². The first-order chi connectivity index (χ1) is 11.9. The first-order valence-electron chi connectivity index (χ1n) is 7.61. The van der Waals surface area contributed by atoms with Crippen molar-refractivity contribution in [2.24, 2.45) is 0 Å². The lowest BCUT2D eigenvalue weighted by Gasteiger charge is -2.26. The number of ether oxygens (including phenoxy) is 2. The molecule has 2 rings (SSSR count). The lowest BCUT2D eigenvalue weighted by molar-refractivity contribution is -0.383. The summed E-state index contributed by atoms with van der Waals surface area (Å²) in [5, 5.41) is 12.3. The summed E-state index contributed by atoms with van der Waals surface area (Å²) in [5.41, 5.74) is 0.215. The van der Waals surface area contributed by atoms with Crippen LogP contribution in [0.25, 0.3) is 10.8 Å². The van der Waals surface area contributed by atoms with Crippen LogP contribution in [-0.4, -0.2) is 36.7 Å². The number of nitrogens with zero attached hydrogens (tertiary/aromatic N) is 2. The Morgan fingerprint density at radius 1 is 1.28 bits per heavy atom. The van der Waals surface area contributed by atoms with E-state index in [0.29, 0.717) is 16.5 Å². The number of hydrogen-bond acceptors (Lipinski definition) is 6. The smallest absolute Gasteiger partial charge is 0.415 e. The third kappa shape index (κ3) is 3.68. The number of nitro benzene ring substituents is 1.